The number of nitrogens with zero attached hydrogens (tertiary/aromatic N) is 2. The maximum absolute atomic E-state index is 14.3. The molecule has 5 rings (SSSR count). The Bertz CT molecular complexity index is 1250. The zero-order chi connectivity index (χ0) is 32.4. The van der Waals surface area contributed by atoms with E-state index in [4.69, 9.17) is 23.7 Å². The van der Waals surface area contributed by atoms with Gasteiger partial charge in [-0.05, 0) is 83.4 Å². The van der Waals surface area contributed by atoms with Crippen molar-refractivity contribution in [3.05, 3.63) is 29.8 Å². The monoisotopic (exact) mass is 628 g/mol. The van der Waals surface area contributed by atoms with Crippen LogP contribution in [0.1, 0.15) is 78.2 Å². The predicted octanol–water partition coefficient (Wildman–Crippen LogP) is 4.50. The third kappa shape index (κ3) is 6.50. The number of esters is 2. The number of benzene rings is 1. The highest BCUT2D eigenvalue weighted by Gasteiger charge is 2.74. The SMILES string of the molecule is CCOC(=O)C[C@]12[C@@H]3CCN(C(=O)OC(C)(C)C)[C@H]1[C@@]1(CCC(=O)OC1)C[C@H]3C(=O)N2CCCCOCc1ccc(OC)cc1. The van der Waals surface area contributed by atoms with E-state index in [1.165, 1.54) is 0 Å². The van der Waals surface area contributed by atoms with Gasteiger partial charge in [0.25, 0.3) is 0 Å². The molecular weight excluding hydrogens is 580 g/mol. The summed E-state index contributed by atoms with van der Waals surface area (Å²) in [6.45, 7) is 9.35. The van der Waals surface area contributed by atoms with E-state index in [0.717, 1.165) is 11.3 Å². The second-order valence-corrected chi connectivity index (χ2v) is 13.9. The molecule has 0 radical (unpaired) electrons. The molecule has 4 fully saturated rings. The lowest BCUT2D eigenvalue weighted by atomic mass is 9.51. The number of likely N-dealkylation sites (tertiary alicyclic amines) is 2. The molecule has 0 aromatic heterocycles. The van der Waals surface area contributed by atoms with Gasteiger partial charge in [0, 0.05) is 37.5 Å². The lowest BCUT2D eigenvalue weighted by Gasteiger charge is -2.63. The smallest absolute Gasteiger partial charge is 0.410 e. The number of carbonyl (C=O) groups excluding carboxylic acids is 4. The van der Waals surface area contributed by atoms with E-state index < -0.39 is 34.7 Å². The lowest BCUT2D eigenvalue weighted by molar-refractivity contribution is -0.186. The molecule has 11 nitrogen and oxygen atoms in total. The van der Waals surface area contributed by atoms with Crippen LogP contribution in [0.4, 0.5) is 4.79 Å². The van der Waals surface area contributed by atoms with E-state index in [2.05, 4.69) is 0 Å². The summed E-state index contributed by atoms with van der Waals surface area (Å²) in [5, 5.41) is 0. The molecule has 5 atom stereocenters. The fourth-order valence-electron chi connectivity index (χ4n) is 8.33. The predicted molar refractivity (Wildman–Crippen MR) is 163 cm³/mol. The van der Waals surface area contributed by atoms with Crippen LogP contribution in [-0.4, -0.2) is 90.9 Å². The number of hydrogen-bond acceptors (Lipinski definition) is 9. The quantitative estimate of drug-likeness (QED) is 0.198. The maximum atomic E-state index is 14.3. The molecule has 11 heteroatoms. The van der Waals surface area contributed by atoms with Gasteiger partial charge in [0.1, 0.15) is 11.4 Å². The van der Waals surface area contributed by atoms with E-state index in [0.29, 0.717) is 58.4 Å². The van der Waals surface area contributed by atoms with Crippen molar-refractivity contribution >= 4 is 23.9 Å². The summed E-state index contributed by atoms with van der Waals surface area (Å²) in [6.07, 6.45) is 2.63. The van der Waals surface area contributed by atoms with Crippen molar-refractivity contribution in [3.8, 4) is 5.75 Å². The number of methoxy groups -OCH3 is 1. The third-order valence-corrected chi connectivity index (χ3v) is 9.94. The Morgan fingerprint density at radius 3 is 2.51 bits per heavy atom. The fourth-order valence-corrected chi connectivity index (χ4v) is 8.33. The van der Waals surface area contributed by atoms with Gasteiger partial charge in [0.15, 0.2) is 0 Å². The number of rotatable bonds is 11. The van der Waals surface area contributed by atoms with E-state index in [1.807, 2.05) is 49.9 Å². The number of unbranched alkanes of at least 4 members (excludes halogenated alkanes) is 1. The summed E-state index contributed by atoms with van der Waals surface area (Å²) in [6, 6.07) is 7.17. The minimum Gasteiger partial charge on any atom is -0.497 e. The van der Waals surface area contributed by atoms with Gasteiger partial charge in [-0.25, -0.2) is 4.79 Å². The highest BCUT2D eigenvalue weighted by molar-refractivity contribution is 5.87. The van der Waals surface area contributed by atoms with Gasteiger partial charge in [-0.1, -0.05) is 12.1 Å². The molecule has 3 heterocycles. The number of amides is 2. The summed E-state index contributed by atoms with van der Waals surface area (Å²) < 4.78 is 28.2. The van der Waals surface area contributed by atoms with E-state index >= 15 is 0 Å². The molecule has 0 unspecified atom stereocenters. The summed E-state index contributed by atoms with van der Waals surface area (Å²) in [5.74, 6) is -0.337. The van der Waals surface area contributed by atoms with Crippen LogP contribution in [0, 0.1) is 17.3 Å². The Morgan fingerprint density at radius 1 is 1.11 bits per heavy atom. The Labute approximate surface area is 265 Å². The van der Waals surface area contributed by atoms with Crippen LogP contribution < -0.4 is 4.74 Å². The molecule has 1 saturated carbocycles. The molecule has 3 aliphatic heterocycles. The summed E-state index contributed by atoms with van der Waals surface area (Å²) in [4.78, 5) is 57.5. The number of hydrogen-bond donors (Lipinski definition) is 0. The Balaban J connectivity index is 1.41. The standard InChI is InChI=1S/C34H48N2O9/c1-6-43-28(38)20-34-26-14-17-35(31(40)45-32(2,3)4)30(34)33(15-13-27(37)44-22-33)19-25(26)29(39)36(34)16-7-8-18-42-21-23-9-11-24(41-5)12-10-23/h9-12,25-26,30H,6-8,13-22H2,1-5H3/t25-,26-,30+,33+,34+/m1/s1. The van der Waals surface area contributed by atoms with Crippen molar-refractivity contribution in [2.24, 2.45) is 17.3 Å². The van der Waals surface area contributed by atoms with Crippen LogP contribution >= 0.6 is 0 Å². The second-order valence-electron chi connectivity index (χ2n) is 13.9. The third-order valence-electron chi connectivity index (χ3n) is 9.94. The van der Waals surface area contributed by atoms with Crippen molar-refractivity contribution in [3.63, 3.8) is 0 Å². The number of fused-ring (bicyclic) bond motifs is 1. The molecule has 4 aliphatic rings. The fraction of sp³-hybridized carbons (Fsp3) is 0.706. The number of carbonyl (C=O) groups is 4. The average molecular weight is 629 g/mol. The zero-order valence-electron chi connectivity index (χ0n) is 27.3. The van der Waals surface area contributed by atoms with Crippen molar-refractivity contribution in [1.29, 1.82) is 0 Å². The largest absolute Gasteiger partial charge is 0.497 e. The van der Waals surface area contributed by atoms with Crippen LogP contribution in [0.3, 0.4) is 0 Å². The summed E-state index contributed by atoms with van der Waals surface area (Å²) in [7, 11) is 1.63. The highest BCUT2D eigenvalue weighted by Crippen LogP contribution is 2.64. The molecule has 1 spiro atoms. The van der Waals surface area contributed by atoms with Gasteiger partial charge in [0.05, 0.1) is 44.9 Å². The van der Waals surface area contributed by atoms with Gasteiger partial charge in [-0.15, -0.1) is 0 Å². The van der Waals surface area contributed by atoms with Gasteiger partial charge < -0.3 is 33.5 Å². The Kier molecular flexibility index (Phi) is 9.68. The molecule has 2 amide bonds. The topological polar surface area (TPSA) is 121 Å². The van der Waals surface area contributed by atoms with Crippen molar-refractivity contribution < 1.29 is 42.9 Å². The molecule has 45 heavy (non-hydrogen) atoms. The van der Waals surface area contributed by atoms with E-state index in [9.17, 15) is 19.2 Å². The van der Waals surface area contributed by atoms with E-state index in [1.54, 1.807) is 18.9 Å². The molecule has 1 aromatic carbocycles. The number of cyclic esters (lactones) is 1. The molecule has 248 valence electrons. The molecule has 1 aliphatic carbocycles. The van der Waals surface area contributed by atoms with Crippen LogP contribution in [-0.2, 0) is 39.9 Å². The Morgan fingerprint density at radius 2 is 1.87 bits per heavy atom. The lowest BCUT2D eigenvalue weighted by Crippen LogP contribution is -2.75. The van der Waals surface area contributed by atoms with Crippen LogP contribution in [0.25, 0.3) is 0 Å². The number of piperidine rings is 1. The second kappa shape index (κ2) is 13.2. The first-order valence-electron chi connectivity index (χ1n) is 16.3. The van der Waals surface area contributed by atoms with Crippen molar-refractivity contribution in [2.45, 2.75) is 96.4 Å². The molecular formula is C34H48N2O9. The first-order chi connectivity index (χ1) is 21.4. The highest BCUT2D eigenvalue weighted by atomic mass is 16.6. The molecule has 4 bridgehead atoms. The van der Waals surface area contributed by atoms with Crippen LogP contribution in [0.15, 0.2) is 24.3 Å². The minimum atomic E-state index is -0.991. The van der Waals surface area contributed by atoms with Crippen LogP contribution in [0.5, 0.6) is 5.75 Å². The van der Waals surface area contributed by atoms with E-state index in [-0.39, 0.29) is 49.8 Å². The normalized spacial score (nSPS) is 29.0. The number of ether oxygens (including phenoxy) is 5. The first kappa shape index (κ1) is 33.0. The minimum absolute atomic E-state index is 0.00765. The maximum Gasteiger partial charge on any atom is 0.410 e. The molecule has 3 saturated heterocycles. The van der Waals surface area contributed by atoms with Crippen molar-refractivity contribution in [1.82, 2.24) is 9.80 Å². The molecule has 0 N–H and O–H groups in total. The average Bonchev–Trinajstić information content (AvgIpc) is 3.15. The van der Waals surface area contributed by atoms with Gasteiger partial charge in [0.2, 0.25) is 5.91 Å². The molecule has 1 aromatic rings. The van der Waals surface area contributed by atoms with Crippen molar-refractivity contribution in [2.75, 3.05) is 40.0 Å². The summed E-state index contributed by atoms with van der Waals surface area (Å²) >= 11 is 0. The van der Waals surface area contributed by atoms with Gasteiger partial charge in [-0.3, -0.25) is 14.4 Å². The first-order valence-corrected chi connectivity index (χ1v) is 16.3. The Hall–Kier alpha value is -3.34. The van der Waals surface area contributed by atoms with Crippen LogP contribution in [0.2, 0.25) is 0 Å². The summed E-state index contributed by atoms with van der Waals surface area (Å²) in [5.41, 5.74) is -1.36. The van der Waals surface area contributed by atoms with Gasteiger partial charge >= 0.3 is 18.0 Å². The zero-order valence-corrected chi connectivity index (χ0v) is 27.3. The van der Waals surface area contributed by atoms with Gasteiger partial charge in [-0.2, -0.15) is 0 Å².